The lowest BCUT2D eigenvalue weighted by atomic mass is 9.76. The second-order valence-corrected chi connectivity index (χ2v) is 7.46. The smallest absolute Gasteiger partial charge is 0.237 e. The molecule has 1 aromatic rings. The number of nitrogens with zero attached hydrogens (tertiary/aromatic N) is 1. The van der Waals surface area contributed by atoms with Crippen LogP contribution in [0.25, 0.3) is 0 Å². The quantitative estimate of drug-likeness (QED) is 0.690. The van der Waals surface area contributed by atoms with Crippen LogP contribution in [0.2, 0.25) is 5.02 Å². The van der Waals surface area contributed by atoms with E-state index in [1.165, 1.54) is 4.90 Å². The lowest BCUT2D eigenvalue weighted by Crippen LogP contribution is -2.31. The zero-order valence-electron chi connectivity index (χ0n) is 12.0. The van der Waals surface area contributed by atoms with Gasteiger partial charge in [0.2, 0.25) is 11.8 Å². The molecule has 0 radical (unpaired) electrons. The van der Waals surface area contributed by atoms with E-state index in [4.69, 9.17) is 11.6 Å². The molecule has 112 valence electrons. The standard InChI is InChI=1S/C16H17BrClNO2/c1-8-3-4-10-11(5-8)16(21)19(15(10)20)14-7-13(18)12(17)6-9(14)2/h6-8,10-11H,3-5H2,1-2H3/t8-,10-,11-/m1/s1. The van der Waals surface area contributed by atoms with Crippen LogP contribution in [0.5, 0.6) is 0 Å². The van der Waals surface area contributed by atoms with Crippen LogP contribution in [-0.4, -0.2) is 11.8 Å². The summed E-state index contributed by atoms with van der Waals surface area (Å²) in [6, 6.07) is 3.56. The average Bonchev–Trinajstić information content (AvgIpc) is 2.66. The lowest BCUT2D eigenvalue weighted by molar-refractivity contribution is -0.122. The van der Waals surface area contributed by atoms with E-state index in [9.17, 15) is 9.59 Å². The van der Waals surface area contributed by atoms with E-state index in [1.807, 2.05) is 13.0 Å². The van der Waals surface area contributed by atoms with Gasteiger partial charge in [0, 0.05) is 4.47 Å². The van der Waals surface area contributed by atoms with Gasteiger partial charge in [0.25, 0.3) is 0 Å². The molecule has 3 nitrogen and oxygen atoms in total. The second-order valence-electron chi connectivity index (χ2n) is 6.20. The predicted molar refractivity (Wildman–Crippen MR) is 86.4 cm³/mol. The SMILES string of the molecule is Cc1cc(Br)c(Cl)cc1N1C(=O)[C@@H]2CC[C@@H](C)C[C@H]2C1=O. The molecule has 1 aliphatic carbocycles. The number of aryl methyl sites for hydroxylation is 1. The molecule has 0 aromatic heterocycles. The lowest BCUT2D eigenvalue weighted by Gasteiger charge is -2.25. The summed E-state index contributed by atoms with van der Waals surface area (Å²) in [4.78, 5) is 26.7. The molecule has 5 heteroatoms. The van der Waals surface area contributed by atoms with Crippen molar-refractivity contribution in [2.45, 2.75) is 33.1 Å². The number of benzene rings is 1. The fourth-order valence-electron chi connectivity index (χ4n) is 3.50. The number of imide groups is 1. The largest absolute Gasteiger partial charge is 0.274 e. The summed E-state index contributed by atoms with van der Waals surface area (Å²) in [6.45, 7) is 4.04. The van der Waals surface area contributed by atoms with Gasteiger partial charge in [-0.15, -0.1) is 0 Å². The summed E-state index contributed by atoms with van der Waals surface area (Å²) in [6.07, 6.45) is 2.65. The van der Waals surface area contributed by atoms with Crippen molar-refractivity contribution in [2.24, 2.45) is 17.8 Å². The summed E-state index contributed by atoms with van der Waals surface area (Å²) < 4.78 is 0.774. The van der Waals surface area contributed by atoms with Crippen LogP contribution in [-0.2, 0) is 9.59 Å². The van der Waals surface area contributed by atoms with Gasteiger partial charge in [-0.25, -0.2) is 4.90 Å². The summed E-state index contributed by atoms with van der Waals surface area (Å²) in [5, 5.41) is 0.513. The molecular weight excluding hydrogens is 354 g/mol. The van der Waals surface area contributed by atoms with Crippen molar-refractivity contribution in [2.75, 3.05) is 4.90 Å². The number of hydrogen-bond acceptors (Lipinski definition) is 2. The van der Waals surface area contributed by atoms with Gasteiger partial charge in [-0.3, -0.25) is 9.59 Å². The fraction of sp³-hybridized carbons (Fsp3) is 0.500. The van der Waals surface area contributed by atoms with Crippen molar-refractivity contribution in [1.82, 2.24) is 0 Å². The molecule has 2 aliphatic rings. The number of amides is 2. The molecule has 0 spiro atoms. The van der Waals surface area contributed by atoms with E-state index >= 15 is 0 Å². The van der Waals surface area contributed by atoms with Crippen LogP contribution in [0, 0.1) is 24.7 Å². The van der Waals surface area contributed by atoms with Crippen molar-refractivity contribution >= 4 is 45.0 Å². The van der Waals surface area contributed by atoms with Crippen LogP contribution in [0.1, 0.15) is 31.7 Å². The van der Waals surface area contributed by atoms with Crippen molar-refractivity contribution in [1.29, 1.82) is 0 Å². The van der Waals surface area contributed by atoms with Crippen LogP contribution in [0.3, 0.4) is 0 Å². The highest BCUT2D eigenvalue weighted by Gasteiger charge is 2.50. The van der Waals surface area contributed by atoms with E-state index in [1.54, 1.807) is 6.07 Å². The second kappa shape index (κ2) is 5.40. The Bertz CT molecular complexity index is 631. The fourth-order valence-corrected chi connectivity index (χ4v) is 4.12. The van der Waals surface area contributed by atoms with Crippen LogP contribution < -0.4 is 4.90 Å². The minimum absolute atomic E-state index is 0.0570. The van der Waals surface area contributed by atoms with Gasteiger partial charge >= 0.3 is 0 Å². The number of rotatable bonds is 1. The Balaban J connectivity index is 2.01. The molecule has 0 unspecified atom stereocenters. The molecule has 3 rings (SSSR count). The van der Waals surface area contributed by atoms with Gasteiger partial charge in [-0.2, -0.15) is 0 Å². The Morgan fingerprint density at radius 3 is 2.57 bits per heavy atom. The highest BCUT2D eigenvalue weighted by atomic mass is 79.9. The Kier molecular flexibility index (Phi) is 3.87. The van der Waals surface area contributed by atoms with Gasteiger partial charge < -0.3 is 0 Å². The van der Waals surface area contributed by atoms with Crippen molar-refractivity contribution in [3.63, 3.8) is 0 Å². The highest BCUT2D eigenvalue weighted by molar-refractivity contribution is 9.10. The molecule has 3 atom stereocenters. The number of anilines is 1. The number of hydrogen-bond donors (Lipinski definition) is 0. The van der Waals surface area contributed by atoms with Crippen LogP contribution in [0.4, 0.5) is 5.69 Å². The molecular formula is C16H17BrClNO2. The topological polar surface area (TPSA) is 37.4 Å². The van der Waals surface area contributed by atoms with Crippen molar-refractivity contribution in [3.05, 3.63) is 27.2 Å². The molecule has 1 aromatic carbocycles. The van der Waals surface area contributed by atoms with E-state index in [2.05, 4.69) is 22.9 Å². The van der Waals surface area contributed by atoms with Gasteiger partial charge in [0.15, 0.2) is 0 Å². The summed E-state index contributed by atoms with van der Waals surface area (Å²) in [5.74, 6) is 0.104. The Morgan fingerprint density at radius 1 is 1.19 bits per heavy atom. The third-order valence-corrected chi connectivity index (χ3v) is 5.86. The first-order chi connectivity index (χ1) is 9.90. The zero-order valence-corrected chi connectivity index (χ0v) is 14.4. The third kappa shape index (κ3) is 2.42. The molecule has 0 bridgehead atoms. The molecule has 2 fully saturated rings. The van der Waals surface area contributed by atoms with Gasteiger partial charge in [-0.1, -0.05) is 18.5 Å². The van der Waals surface area contributed by atoms with Gasteiger partial charge in [0.05, 0.1) is 22.5 Å². The highest BCUT2D eigenvalue weighted by Crippen LogP contribution is 2.43. The normalized spacial score (nSPS) is 29.0. The number of carbonyl (C=O) groups excluding carboxylic acids is 2. The Morgan fingerprint density at radius 2 is 1.86 bits per heavy atom. The van der Waals surface area contributed by atoms with Crippen molar-refractivity contribution < 1.29 is 9.59 Å². The van der Waals surface area contributed by atoms with Gasteiger partial charge in [-0.05, 0) is 65.7 Å². The first-order valence-corrected chi connectivity index (χ1v) is 8.40. The zero-order chi connectivity index (χ0) is 15.3. The Labute approximate surface area is 137 Å². The molecule has 1 saturated heterocycles. The summed E-state index contributed by atoms with van der Waals surface area (Å²) >= 11 is 9.51. The van der Waals surface area contributed by atoms with Gasteiger partial charge in [0.1, 0.15) is 0 Å². The summed E-state index contributed by atoms with van der Waals surface area (Å²) in [7, 11) is 0. The Hall–Kier alpha value is -0.870. The third-order valence-electron chi connectivity index (χ3n) is 4.67. The molecule has 2 amide bonds. The van der Waals surface area contributed by atoms with Crippen LogP contribution >= 0.6 is 27.5 Å². The van der Waals surface area contributed by atoms with Crippen molar-refractivity contribution in [3.8, 4) is 0 Å². The van der Waals surface area contributed by atoms with E-state index < -0.39 is 0 Å². The molecule has 1 heterocycles. The maximum atomic E-state index is 12.7. The van der Waals surface area contributed by atoms with Crippen LogP contribution in [0.15, 0.2) is 16.6 Å². The van der Waals surface area contributed by atoms with E-state index in [0.717, 1.165) is 29.3 Å². The van der Waals surface area contributed by atoms with E-state index in [0.29, 0.717) is 16.6 Å². The predicted octanol–water partition coefficient (Wildman–Crippen LogP) is 4.34. The number of fused-ring (bicyclic) bond motifs is 1. The molecule has 1 saturated carbocycles. The first kappa shape index (κ1) is 15.0. The molecule has 21 heavy (non-hydrogen) atoms. The monoisotopic (exact) mass is 369 g/mol. The maximum Gasteiger partial charge on any atom is 0.237 e. The maximum absolute atomic E-state index is 12.7. The minimum atomic E-state index is -0.150. The number of carbonyl (C=O) groups is 2. The molecule has 1 aliphatic heterocycles. The summed E-state index contributed by atoms with van der Waals surface area (Å²) in [5.41, 5.74) is 1.50. The first-order valence-electron chi connectivity index (χ1n) is 7.23. The number of halogens is 2. The average molecular weight is 371 g/mol. The molecule has 0 N–H and O–H groups in total. The van der Waals surface area contributed by atoms with E-state index in [-0.39, 0.29) is 23.7 Å². The minimum Gasteiger partial charge on any atom is -0.274 e.